The number of piperazine rings is 1. The molecule has 1 fully saturated rings. The number of hydrogen-bond donors (Lipinski definition) is 1. The Bertz CT molecular complexity index is 755. The van der Waals surface area contributed by atoms with Crippen molar-refractivity contribution in [3.05, 3.63) is 53.7 Å². The maximum Gasteiger partial charge on any atom is 0.220 e. The van der Waals surface area contributed by atoms with Crippen LogP contribution in [0.15, 0.2) is 42.6 Å². The lowest BCUT2D eigenvalue weighted by Gasteiger charge is -2.33. The van der Waals surface area contributed by atoms with E-state index in [0.29, 0.717) is 26.0 Å². The number of benzene rings is 1. The minimum atomic E-state index is 0.0380. The summed E-state index contributed by atoms with van der Waals surface area (Å²) in [7, 11) is 2.14. The Morgan fingerprint density at radius 1 is 1.18 bits per heavy atom. The molecule has 1 N–H and O–H groups in total. The Morgan fingerprint density at radius 3 is 2.71 bits per heavy atom. The number of pyridine rings is 1. The second kappa shape index (κ2) is 10.1. The van der Waals surface area contributed by atoms with Crippen LogP contribution in [0.25, 0.3) is 0 Å². The van der Waals surface area contributed by atoms with Gasteiger partial charge in [-0.25, -0.2) is 4.98 Å². The Balaban J connectivity index is 1.34. The van der Waals surface area contributed by atoms with Gasteiger partial charge in [-0.05, 0) is 49.7 Å². The molecule has 6 heteroatoms. The molecule has 0 radical (unpaired) electrons. The fourth-order valence-electron chi connectivity index (χ4n) is 3.16. The molecule has 150 valence electrons. The fourth-order valence-corrected chi connectivity index (χ4v) is 3.16. The summed E-state index contributed by atoms with van der Waals surface area (Å²) in [6.07, 6.45) is 3.01. The largest absolute Gasteiger partial charge is 0.494 e. The van der Waals surface area contributed by atoms with E-state index in [-0.39, 0.29) is 5.91 Å². The monoisotopic (exact) mass is 382 g/mol. The molecule has 1 saturated heterocycles. The van der Waals surface area contributed by atoms with Crippen LogP contribution < -0.4 is 15.0 Å². The molecule has 1 aromatic carbocycles. The Morgan fingerprint density at radius 2 is 2.00 bits per heavy atom. The van der Waals surface area contributed by atoms with Gasteiger partial charge in [0.2, 0.25) is 5.91 Å². The van der Waals surface area contributed by atoms with Crippen molar-refractivity contribution in [2.45, 2.75) is 26.3 Å². The van der Waals surface area contributed by atoms with Crippen molar-refractivity contribution in [2.75, 3.05) is 44.7 Å². The van der Waals surface area contributed by atoms with E-state index in [9.17, 15) is 4.79 Å². The highest BCUT2D eigenvalue weighted by atomic mass is 16.5. The third kappa shape index (κ3) is 6.23. The molecule has 0 bridgehead atoms. The lowest BCUT2D eigenvalue weighted by atomic mass is 10.2. The van der Waals surface area contributed by atoms with Gasteiger partial charge in [0.05, 0.1) is 6.61 Å². The van der Waals surface area contributed by atoms with E-state index < -0.39 is 0 Å². The van der Waals surface area contributed by atoms with Gasteiger partial charge in [-0.2, -0.15) is 0 Å². The van der Waals surface area contributed by atoms with Gasteiger partial charge >= 0.3 is 0 Å². The van der Waals surface area contributed by atoms with Gasteiger partial charge in [-0.3, -0.25) is 4.79 Å². The summed E-state index contributed by atoms with van der Waals surface area (Å²) in [5.74, 6) is 1.90. The van der Waals surface area contributed by atoms with Crippen LogP contribution in [0.2, 0.25) is 0 Å². The maximum absolute atomic E-state index is 12.0. The predicted molar refractivity (Wildman–Crippen MR) is 112 cm³/mol. The lowest BCUT2D eigenvalue weighted by Crippen LogP contribution is -2.44. The number of carbonyl (C=O) groups excluding carboxylic acids is 1. The third-order valence-corrected chi connectivity index (χ3v) is 4.93. The standard InChI is InChI=1S/C22H30N4O2/c1-18-5-3-6-20(15-18)28-14-4-7-22(27)24-17-19-8-9-21(23-16-19)26-12-10-25(2)11-13-26/h3,5-6,8-9,15-16H,4,7,10-14,17H2,1-2H3,(H,24,27). The Kier molecular flexibility index (Phi) is 7.25. The molecule has 0 saturated carbocycles. The molecule has 6 nitrogen and oxygen atoms in total. The Hall–Kier alpha value is -2.60. The van der Waals surface area contributed by atoms with Crippen LogP contribution in [0.4, 0.5) is 5.82 Å². The van der Waals surface area contributed by atoms with Crippen molar-refractivity contribution in [1.82, 2.24) is 15.2 Å². The number of nitrogens with one attached hydrogen (secondary N) is 1. The average molecular weight is 383 g/mol. The molecule has 0 unspecified atom stereocenters. The summed E-state index contributed by atoms with van der Waals surface area (Å²) < 4.78 is 5.68. The molecule has 1 aliphatic heterocycles. The van der Waals surface area contributed by atoms with Crippen LogP contribution in [-0.2, 0) is 11.3 Å². The van der Waals surface area contributed by atoms with E-state index in [1.807, 2.05) is 49.5 Å². The molecule has 2 heterocycles. The van der Waals surface area contributed by atoms with E-state index in [0.717, 1.165) is 43.3 Å². The van der Waals surface area contributed by atoms with Crippen LogP contribution in [0, 0.1) is 6.92 Å². The van der Waals surface area contributed by atoms with Gasteiger partial charge in [0.1, 0.15) is 11.6 Å². The lowest BCUT2D eigenvalue weighted by molar-refractivity contribution is -0.121. The van der Waals surface area contributed by atoms with E-state index >= 15 is 0 Å². The third-order valence-electron chi connectivity index (χ3n) is 4.93. The highest BCUT2D eigenvalue weighted by Crippen LogP contribution is 2.14. The SMILES string of the molecule is Cc1cccc(OCCCC(=O)NCc2ccc(N3CCN(C)CC3)nc2)c1. The second-order valence-corrected chi connectivity index (χ2v) is 7.36. The van der Waals surface area contributed by atoms with Crippen LogP contribution in [0.3, 0.4) is 0 Å². The first-order valence-electron chi connectivity index (χ1n) is 9.95. The summed E-state index contributed by atoms with van der Waals surface area (Å²) in [5.41, 5.74) is 2.18. The first-order chi connectivity index (χ1) is 13.6. The second-order valence-electron chi connectivity index (χ2n) is 7.36. The van der Waals surface area contributed by atoms with Crippen molar-refractivity contribution in [3.8, 4) is 5.75 Å². The minimum absolute atomic E-state index is 0.0380. The molecule has 0 spiro atoms. The van der Waals surface area contributed by atoms with Crippen LogP contribution >= 0.6 is 0 Å². The number of ether oxygens (including phenoxy) is 1. The van der Waals surface area contributed by atoms with Crippen LogP contribution in [0.1, 0.15) is 24.0 Å². The molecule has 1 amide bonds. The summed E-state index contributed by atoms with van der Waals surface area (Å²) in [5, 5.41) is 2.96. The molecule has 0 atom stereocenters. The summed E-state index contributed by atoms with van der Waals surface area (Å²) in [6.45, 7) is 7.22. The van der Waals surface area contributed by atoms with Crippen LogP contribution in [-0.4, -0.2) is 55.6 Å². The number of hydrogen-bond acceptors (Lipinski definition) is 5. The predicted octanol–water partition coefficient (Wildman–Crippen LogP) is 2.62. The molecular formula is C22H30N4O2. The number of likely N-dealkylation sites (N-methyl/N-ethyl adjacent to an activating group) is 1. The van der Waals surface area contributed by atoms with Gasteiger partial charge in [-0.15, -0.1) is 0 Å². The molecular weight excluding hydrogens is 352 g/mol. The molecule has 1 aromatic heterocycles. The summed E-state index contributed by atoms with van der Waals surface area (Å²) in [6, 6.07) is 12.0. The van der Waals surface area contributed by atoms with Gasteiger partial charge in [-0.1, -0.05) is 18.2 Å². The van der Waals surface area contributed by atoms with E-state index in [1.54, 1.807) is 0 Å². The molecule has 2 aromatic rings. The minimum Gasteiger partial charge on any atom is -0.494 e. The first kappa shape index (κ1) is 20.1. The van der Waals surface area contributed by atoms with Crippen LogP contribution in [0.5, 0.6) is 5.75 Å². The van der Waals surface area contributed by atoms with Gasteiger partial charge in [0.25, 0.3) is 0 Å². The number of rotatable bonds is 8. The maximum atomic E-state index is 12.0. The number of nitrogens with zero attached hydrogens (tertiary/aromatic N) is 3. The fraction of sp³-hybridized carbons (Fsp3) is 0.455. The average Bonchev–Trinajstić information content (AvgIpc) is 2.71. The van der Waals surface area contributed by atoms with Crippen molar-refractivity contribution in [2.24, 2.45) is 0 Å². The Labute approximate surface area is 167 Å². The molecule has 1 aliphatic rings. The van der Waals surface area contributed by atoms with E-state index in [1.165, 1.54) is 5.56 Å². The van der Waals surface area contributed by atoms with Crippen molar-refractivity contribution < 1.29 is 9.53 Å². The zero-order valence-electron chi connectivity index (χ0n) is 16.9. The smallest absolute Gasteiger partial charge is 0.220 e. The van der Waals surface area contributed by atoms with Gasteiger partial charge in [0, 0.05) is 45.3 Å². The number of amides is 1. The summed E-state index contributed by atoms with van der Waals surface area (Å²) >= 11 is 0. The first-order valence-corrected chi connectivity index (χ1v) is 9.95. The van der Waals surface area contributed by atoms with E-state index in [2.05, 4.69) is 27.1 Å². The van der Waals surface area contributed by atoms with Crippen molar-refractivity contribution >= 4 is 11.7 Å². The number of anilines is 1. The highest BCUT2D eigenvalue weighted by Gasteiger charge is 2.14. The number of carbonyl (C=O) groups is 1. The van der Waals surface area contributed by atoms with Gasteiger partial charge < -0.3 is 19.9 Å². The molecule has 28 heavy (non-hydrogen) atoms. The quantitative estimate of drug-likeness (QED) is 0.712. The topological polar surface area (TPSA) is 57.7 Å². The van der Waals surface area contributed by atoms with Crippen molar-refractivity contribution in [1.29, 1.82) is 0 Å². The highest BCUT2D eigenvalue weighted by molar-refractivity contribution is 5.75. The number of aryl methyl sites for hydroxylation is 1. The zero-order chi connectivity index (χ0) is 19.8. The molecule has 0 aliphatic carbocycles. The van der Waals surface area contributed by atoms with Gasteiger partial charge in [0.15, 0.2) is 0 Å². The zero-order valence-corrected chi connectivity index (χ0v) is 16.9. The van der Waals surface area contributed by atoms with E-state index in [4.69, 9.17) is 4.74 Å². The summed E-state index contributed by atoms with van der Waals surface area (Å²) in [4.78, 5) is 21.2. The van der Waals surface area contributed by atoms with Crippen molar-refractivity contribution in [3.63, 3.8) is 0 Å². The number of aromatic nitrogens is 1. The molecule has 3 rings (SSSR count). The normalized spacial score (nSPS) is 14.7.